The van der Waals surface area contributed by atoms with Gasteiger partial charge in [-0.05, 0) is 24.0 Å². The zero-order valence-corrected chi connectivity index (χ0v) is 13.4. The van der Waals surface area contributed by atoms with Crippen LogP contribution in [0.15, 0.2) is 6.20 Å². The van der Waals surface area contributed by atoms with E-state index >= 15 is 0 Å². The van der Waals surface area contributed by atoms with Crippen LogP contribution in [0, 0.1) is 5.92 Å². The molecule has 1 rings (SSSR count). The van der Waals surface area contributed by atoms with Crippen LogP contribution in [0.1, 0.15) is 46.2 Å². The molecule has 19 heavy (non-hydrogen) atoms. The Hall–Kier alpha value is -0.550. The molecule has 0 atom stereocenters. The summed E-state index contributed by atoms with van der Waals surface area (Å²) in [5, 5.41) is 8.95. The fourth-order valence-corrected chi connectivity index (χ4v) is 2.15. The molecule has 0 saturated heterocycles. The molecule has 0 aliphatic heterocycles. The van der Waals surface area contributed by atoms with E-state index in [-0.39, 0.29) is 0 Å². The molecule has 0 aliphatic carbocycles. The molecule has 0 fully saturated rings. The first kappa shape index (κ1) is 16.5. The molecule has 0 aromatic carbocycles. The van der Waals surface area contributed by atoms with Gasteiger partial charge in [0.2, 0.25) is 0 Å². The molecule has 0 spiro atoms. The van der Waals surface area contributed by atoms with Crippen molar-refractivity contribution < 1.29 is 4.74 Å². The van der Waals surface area contributed by atoms with Gasteiger partial charge in [0.05, 0.1) is 5.69 Å². The average molecular weight is 285 g/mol. The third-order valence-corrected chi connectivity index (χ3v) is 3.80. The van der Waals surface area contributed by atoms with Crippen molar-refractivity contribution in [3.8, 4) is 0 Å². The minimum atomic E-state index is 0.638. The zero-order chi connectivity index (χ0) is 14.1. The van der Waals surface area contributed by atoms with Crippen LogP contribution in [0.4, 0.5) is 0 Å². The van der Waals surface area contributed by atoms with E-state index in [0.717, 1.165) is 50.0 Å². The number of aromatic nitrogens is 3. The molecular weight excluding hydrogens is 258 g/mol. The lowest BCUT2D eigenvalue weighted by Crippen LogP contribution is -2.05. The Morgan fingerprint density at radius 2 is 2.05 bits per heavy atom. The third-order valence-electron chi connectivity index (χ3n) is 2.67. The van der Waals surface area contributed by atoms with Crippen LogP contribution in [0.5, 0.6) is 0 Å². The van der Waals surface area contributed by atoms with Crippen molar-refractivity contribution in [1.29, 1.82) is 0 Å². The minimum absolute atomic E-state index is 0.638. The topological polar surface area (TPSA) is 39.9 Å². The summed E-state index contributed by atoms with van der Waals surface area (Å²) in [6, 6.07) is 0. The van der Waals surface area contributed by atoms with Gasteiger partial charge in [0, 0.05) is 31.7 Å². The normalized spacial score (nSPS) is 11.7. The van der Waals surface area contributed by atoms with Crippen molar-refractivity contribution in [2.75, 3.05) is 13.2 Å². The van der Waals surface area contributed by atoms with Gasteiger partial charge >= 0.3 is 0 Å². The Labute approximate surface area is 121 Å². The van der Waals surface area contributed by atoms with Crippen LogP contribution < -0.4 is 0 Å². The molecule has 0 N–H and O–H groups in total. The van der Waals surface area contributed by atoms with E-state index in [1.165, 1.54) is 0 Å². The monoisotopic (exact) mass is 285 g/mol. The van der Waals surface area contributed by atoms with Crippen molar-refractivity contribution in [2.45, 2.75) is 58.1 Å². The summed E-state index contributed by atoms with van der Waals surface area (Å²) in [6.07, 6.45) is 4.18. The minimum Gasteiger partial charge on any atom is -0.381 e. The molecule has 1 heterocycles. The summed E-state index contributed by atoms with van der Waals surface area (Å²) in [7, 11) is 0. The van der Waals surface area contributed by atoms with E-state index in [1.54, 1.807) is 0 Å². The van der Waals surface area contributed by atoms with E-state index in [1.807, 2.05) is 22.6 Å². The Bertz CT molecular complexity index is 339. The Morgan fingerprint density at radius 3 is 2.74 bits per heavy atom. The predicted octanol–water partition coefficient (Wildman–Crippen LogP) is 3.37. The van der Waals surface area contributed by atoms with Crippen LogP contribution >= 0.6 is 11.8 Å². The molecule has 0 aliphatic rings. The molecule has 5 heteroatoms. The first-order valence-electron chi connectivity index (χ1n) is 7.16. The fraction of sp³-hybridized carbons (Fsp3) is 0.857. The van der Waals surface area contributed by atoms with Gasteiger partial charge < -0.3 is 4.74 Å². The Kier molecular flexibility index (Phi) is 8.14. The summed E-state index contributed by atoms with van der Waals surface area (Å²) >= 11 is 1.89. The van der Waals surface area contributed by atoms with E-state index in [0.29, 0.717) is 5.25 Å². The molecule has 4 nitrogen and oxygen atoms in total. The summed E-state index contributed by atoms with van der Waals surface area (Å²) in [5.41, 5.74) is 1.07. The summed E-state index contributed by atoms with van der Waals surface area (Å²) in [4.78, 5) is 0. The standard InChI is InChI=1S/C14H27N3OS/c1-12(2)6-9-18-8-5-7-17-10-14(15-16-17)11-19-13(3)4/h10,12-13H,5-9,11H2,1-4H3. The predicted molar refractivity (Wildman–Crippen MR) is 81.3 cm³/mol. The quantitative estimate of drug-likeness (QED) is 0.618. The van der Waals surface area contributed by atoms with E-state index in [9.17, 15) is 0 Å². The summed E-state index contributed by atoms with van der Waals surface area (Å²) < 4.78 is 7.50. The van der Waals surface area contributed by atoms with Gasteiger partial charge in [-0.3, -0.25) is 4.68 Å². The molecule has 110 valence electrons. The van der Waals surface area contributed by atoms with Crippen molar-refractivity contribution in [2.24, 2.45) is 5.92 Å². The smallest absolute Gasteiger partial charge is 0.0926 e. The van der Waals surface area contributed by atoms with E-state index < -0.39 is 0 Å². The maximum absolute atomic E-state index is 5.59. The van der Waals surface area contributed by atoms with Crippen LogP contribution in [0.2, 0.25) is 0 Å². The highest BCUT2D eigenvalue weighted by Gasteiger charge is 2.02. The second kappa shape index (κ2) is 9.37. The van der Waals surface area contributed by atoms with Crippen LogP contribution in [0.3, 0.4) is 0 Å². The van der Waals surface area contributed by atoms with Gasteiger partial charge in [0.1, 0.15) is 0 Å². The number of nitrogens with zero attached hydrogens (tertiary/aromatic N) is 3. The second-order valence-corrected chi connectivity index (χ2v) is 7.05. The highest BCUT2D eigenvalue weighted by Crippen LogP contribution is 2.14. The van der Waals surface area contributed by atoms with Crippen molar-refractivity contribution in [3.63, 3.8) is 0 Å². The van der Waals surface area contributed by atoms with Gasteiger partial charge in [-0.25, -0.2) is 0 Å². The van der Waals surface area contributed by atoms with Crippen LogP contribution in [-0.2, 0) is 17.0 Å². The van der Waals surface area contributed by atoms with Gasteiger partial charge in [-0.1, -0.05) is 32.9 Å². The van der Waals surface area contributed by atoms with Crippen molar-refractivity contribution in [1.82, 2.24) is 15.0 Å². The number of rotatable bonds is 10. The van der Waals surface area contributed by atoms with E-state index in [2.05, 4.69) is 38.0 Å². The number of thioether (sulfide) groups is 1. The SMILES string of the molecule is CC(C)CCOCCCn1cc(CSC(C)C)nn1. The van der Waals surface area contributed by atoms with Crippen LogP contribution in [-0.4, -0.2) is 33.5 Å². The lowest BCUT2D eigenvalue weighted by atomic mass is 10.1. The van der Waals surface area contributed by atoms with Gasteiger partial charge in [0.15, 0.2) is 0 Å². The van der Waals surface area contributed by atoms with Crippen molar-refractivity contribution in [3.05, 3.63) is 11.9 Å². The second-order valence-electron chi connectivity index (χ2n) is 5.48. The lowest BCUT2D eigenvalue weighted by Gasteiger charge is -2.06. The fourth-order valence-electron chi connectivity index (χ4n) is 1.52. The Balaban J connectivity index is 2.09. The zero-order valence-electron chi connectivity index (χ0n) is 12.6. The molecule has 1 aromatic rings. The molecule has 0 saturated carbocycles. The van der Waals surface area contributed by atoms with E-state index in [4.69, 9.17) is 4.74 Å². The number of ether oxygens (including phenoxy) is 1. The third kappa shape index (κ3) is 8.26. The molecule has 0 bridgehead atoms. The molecule has 0 unspecified atom stereocenters. The average Bonchev–Trinajstić information content (AvgIpc) is 2.78. The maximum atomic E-state index is 5.59. The Morgan fingerprint density at radius 1 is 1.26 bits per heavy atom. The van der Waals surface area contributed by atoms with Crippen molar-refractivity contribution >= 4 is 11.8 Å². The highest BCUT2D eigenvalue weighted by atomic mass is 32.2. The number of aryl methyl sites for hydroxylation is 1. The summed E-state index contributed by atoms with van der Waals surface area (Å²) in [6.45, 7) is 11.4. The largest absolute Gasteiger partial charge is 0.381 e. The maximum Gasteiger partial charge on any atom is 0.0926 e. The molecule has 0 amide bonds. The first-order valence-corrected chi connectivity index (χ1v) is 8.21. The van der Waals surface area contributed by atoms with Crippen LogP contribution in [0.25, 0.3) is 0 Å². The van der Waals surface area contributed by atoms with Gasteiger partial charge in [0.25, 0.3) is 0 Å². The molecule has 1 aromatic heterocycles. The summed E-state index contributed by atoms with van der Waals surface area (Å²) in [5.74, 6) is 1.67. The van der Waals surface area contributed by atoms with Gasteiger partial charge in [-0.2, -0.15) is 11.8 Å². The number of hydrogen-bond donors (Lipinski definition) is 0. The lowest BCUT2D eigenvalue weighted by molar-refractivity contribution is 0.118. The first-order chi connectivity index (χ1) is 9.08. The van der Waals surface area contributed by atoms with Gasteiger partial charge in [-0.15, -0.1) is 5.10 Å². The molecular formula is C14H27N3OS. The number of hydrogen-bond acceptors (Lipinski definition) is 4. The highest BCUT2D eigenvalue weighted by molar-refractivity contribution is 7.99. The molecule has 0 radical (unpaired) electrons.